The third kappa shape index (κ3) is 3.73. The Bertz CT molecular complexity index is 220. The number of carbonyl (C=O) groups excluding carboxylic acids is 1. The van der Waals surface area contributed by atoms with Gasteiger partial charge in [-0.15, -0.1) is 0 Å². The van der Waals surface area contributed by atoms with Crippen molar-refractivity contribution in [3.05, 3.63) is 0 Å². The van der Waals surface area contributed by atoms with Crippen LogP contribution in [0, 0.1) is 0 Å². The fourth-order valence-corrected chi connectivity index (χ4v) is 0.889. The highest BCUT2D eigenvalue weighted by atomic mass is 17.1. The van der Waals surface area contributed by atoms with Crippen LogP contribution in [0.3, 0.4) is 0 Å². The second kappa shape index (κ2) is 6.83. The van der Waals surface area contributed by atoms with Gasteiger partial charge in [-0.2, -0.15) is 4.89 Å². The van der Waals surface area contributed by atoms with Crippen molar-refractivity contribution in [3.8, 4) is 0 Å². The minimum absolute atomic E-state index is 0.905. The minimum Gasteiger partial charge on any atom is -0.394 e. The first kappa shape index (κ1) is 15.3. The van der Waals surface area contributed by atoms with Crippen LogP contribution in [-0.4, -0.2) is 79.0 Å². The number of hydrogen-bond acceptors (Lipinski definition) is 9. The summed E-state index contributed by atoms with van der Waals surface area (Å²) in [5, 5.41) is 61.2. The summed E-state index contributed by atoms with van der Waals surface area (Å²) in [6.45, 7) is -0.905. The van der Waals surface area contributed by atoms with Crippen molar-refractivity contribution in [2.24, 2.45) is 0 Å². The molecule has 0 saturated heterocycles. The van der Waals surface area contributed by atoms with Gasteiger partial charge in [-0.25, -0.2) is 5.26 Å². The van der Waals surface area contributed by atoms with E-state index in [0.717, 1.165) is 0 Å². The summed E-state index contributed by atoms with van der Waals surface area (Å²) in [7, 11) is 0. The van der Waals surface area contributed by atoms with E-state index in [1.807, 2.05) is 0 Å². The molecule has 1 unspecified atom stereocenters. The second-order valence-electron chi connectivity index (χ2n) is 3.04. The zero-order valence-corrected chi connectivity index (χ0v) is 8.04. The van der Waals surface area contributed by atoms with Crippen molar-refractivity contribution in [2.75, 3.05) is 6.61 Å². The lowest BCUT2D eigenvalue weighted by molar-refractivity contribution is -0.323. The molecule has 0 aromatic rings. The van der Waals surface area contributed by atoms with E-state index < -0.39 is 43.1 Å². The maximum Gasteiger partial charge on any atom is 0.250 e. The van der Waals surface area contributed by atoms with E-state index in [2.05, 4.69) is 4.89 Å². The van der Waals surface area contributed by atoms with Crippen molar-refractivity contribution in [2.45, 2.75) is 30.7 Å². The van der Waals surface area contributed by atoms with Crippen molar-refractivity contribution in [1.29, 1.82) is 0 Å². The van der Waals surface area contributed by atoms with Gasteiger partial charge in [0, 0.05) is 0 Å². The van der Waals surface area contributed by atoms with E-state index in [0.29, 0.717) is 0 Å². The third-order valence-electron chi connectivity index (χ3n) is 1.89. The first-order valence-electron chi connectivity index (χ1n) is 4.22. The highest BCUT2D eigenvalue weighted by molar-refractivity contribution is 5.86. The summed E-state index contributed by atoms with van der Waals surface area (Å²) in [4.78, 5) is 14.1. The normalized spacial score (nSPS) is 20.9. The molecule has 0 bridgehead atoms. The van der Waals surface area contributed by atoms with Gasteiger partial charge in [0.15, 0.2) is 0 Å². The zero-order valence-electron chi connectivity index (χ0n) is 8.04. The van der Waals surface area contributed by atoms with Gasteiger partial charge >= 0.3 is 0 Å². The Balaban J connectivity index is 4.48. The molecule has 0 amide bonds. The average molecular weight is 242 g/mol. The van der Waals surface area contributed by atoms with Gasteiger partial charge < -0.3 is 30.6 Å². The Labute approximate surface area is 89.7 Å². The van der Waals surface area contributed by atoms with Crippen molar-refractivity contribution >= 4 is 5.78 Å². The van der Waals surface area contributed by atoms with Crippen LogP contribution in [0.4, 0.5) is 0 Å². The van der Waals surface area contributed by atoms with Crippen LogP contribution in [0.15, 0.2) is 0 Å². The molecule has 0 aliphatic heterocycles. The Morgan fingerprint density at radius 3 is 1.94 bits per heavy atom. The summed E-state index contributed by atoms with van der Waals surface area (Å²) >= 11 is 0. The number of carbonyl (C=O) groups is 1. The summed E-state index contributed by atoms with van der Waals surface area (Å²) in [5.41, 5.74) is 0. The van der Waals surface area contributed by atoms with E-state index in [1.54, 1.807) is 0 Å². The third-order valence-corrected chi connectivity index (χ3v) is 1.89. The van der Waals surface area contributed by atoms with Crippen LogP contribution in [-0.2, 0) is 9.68 Å². The molecule has 7 N–H and O–H groups in total. The lowest BCUT2D eigenvalue weighted by Gasteiger charge is -2.25. The number of aliphatic hydroxyl groups excluding tert-OH is 6. The number of rotatable bonds is 7. The monoisotopic (exact) mass is 242 g/mol. The molecule has 0 spiro atoms. The van der Waals surface area contributed by atoms with Gasteiger partial charge in [-0.1, -0.05) is 0 Å². The highest BCUT2D eigenvalue weighted by Gasteiger charge is 2.37. The van der Waals surface area contributed by atoms with Crippen LogP contribution in [0.1, 0.15) is 0 Å². The lowest BCUT2D eigenvalue weighted by Crippen LogP contribution is -2.51. The van der Waals surface area contributed by atoms with Gasteiger partial charge in [0.05, 0.1) is 6.61 Å². The summed E-state index contributed by atoms with van der Waals surface area (Å²) in [6.07, 6.45) is -10.6. The summed E-state index contributed by atoms with van der Waals surface area (Å²) in [6, 6.07) is 0. The minimum atomic E-state index is -2.39. The Morgan fingerprint density at radius 2 is 1.56 bits per heavy atom. The van der Waals surface area contributed by atoms with Gasteiger partial charge in [-0.3, -0.25) is 4.79 Å². The highest BCUT2D eigenvalue weighted by Crippen LogP contribution is 2.07. The maximum absolute atomic E-state index is 10.9. The first-order valence-corrected chi connectivity index (χ1v) is 4.22. The van der Waals surface area contributed by atoms with Crippen LogP contribution < -0.4 is 0 Å². The molecular formula is C7H14O9. The van der Waals surface area contributed by atoms with Crippen LogP contribution in [0.5, 0.6) is 0 Å². The predicted octanol–water partition coefficient (Wildman–Crippen LogP) is -4.20. The van der Waals surface area contributed by atoms with Crippen molar-refractivity contribution < 1.29 is 45.6 Å². The molecule has 0 rings (SSSR count). The van der Waals surface area contributed by atoms with E-state index in [9.17, 15) is 4.79 Å². The topological polar surface area (TPSA) is 168 Å². The number of aliphatic hydroxyl groups is 6. The number of hydrogen-bond donors (Lipinski definition) is 7. The Hall–Kier alpha value is -0.650. The van der Waals surface area contributed by atoms with Crippen LogP contribution >= 0.6 is 0 Å². The molecule has 96 valence electrons. The summed E-state index contributed by atoms with van der Waals surface area (Å²) in [5.74, 6) is -1.51. The molecule has 0 aromatic carbocycles. The maximum atomic E-state index is 10.9. The largest absolute Gasteiger partial charge is 0.394 e. The van der Waals surface area contributed by atoms with E-state index in [-0.39, 0.29) is 0 Å². The second-order valence-corrected chi connectivity index (χ2v) is 3.04. The molecule has 0 saturated carbocycles. The van der Waals surface area contributed by atoms with Gasteiger partial charge in [0.1, 0.15) is 24.4 Å². The molecule has 0 aliphatic rings. The predicted molar refractivity (Wildman–Crippen MR) is 45.8 cm³/mol. The number of Topliss-reactive ketones (excluding diaryl/α,β-unsaturated/α-hetero) is 1. The van der Waals surface area contributed by atoms with Crippen molar-refractivity contribution in [1.82, 2.24) is 0 Å². The fourth-order valence-electron chi connectivity index (χ4n) is 0.889. The Kier molecular flexibility index (Phi) is 6.55. The van der Waals surface area contributed by atoms with Gasteiger partial charge in [0.2, 0.25) is 5.78 Å². The quantitative estimate of drug-likeness (QED) is 0.133. The molecule has 0 heterocycles. The molecule has 9 heteroatoms. The molecule has 9 nitrogen and oxygen atoms in total. The molecular weight excluding hydrogens is 228 g/mol. The number of ketones is 1. The van der Waals surface area contributed by atoms with Crippen LogP contribution in [0.2, 0.25) is 0 Å². The molecule has 16 heavy (non-hydrogen) atoms. The SMILES string of the molecule is O=C(C(O)OO)[C@@H](O)[C@H](O)[C@H](O)[C@H](O)CO. The molecule has 0 radical (unpaired) electrons. The molecule has 0 fully saturated rings. The van der Waals surface area contributed by atoms with Gasteiger partial charge in [-0.05, 0) is 0 Å². The lowest BCUT2D eigenvalue weighted by atomic mass is 10.0. The molecule has 0 aromatic heterocycles. The fraction of sp³-hybridized carbons (Fsp3) is 0.857. The smallest absolute Gasteiger partial charge is 0.250 e. The van der Waals surface area contributed by atoms with E-state index in [1.165, 1.54) is 0 Å². The Morgan fingerprint density at radius 1 is 1.06 bits per heavy atom. The molecule has 0 aliphatic carbocycles. The first-order chi connectivity index (χ1) is 7.36. The standard InChI is InChI=1S/C7H14O9/c8-1-2(9)3(10)4(11)5(12)6(13)7(14)16-15/h2-5,7-12,14-15H,1H2/t2-,3-,4-,5+,7?/m1/s1. The average Bonchev–Trinajstić information content (AvgIpc) is 2.32. The van der Waals surface area contributed by atoms with Crippen molar-refractivity contribution in [3.63, 3.8) is 0 Å². The van der Waals surface area contributed by atoms with E-state index >= 15 is 0 Å². The molecule has 5 atom stereocenters. The van der Waals surface area contributed by atoms with Gasteiger partial charge in [0.25, 0.3) is 6.29 Å². The zero-order chi connectivity index (χ0) is 12.9. The summed E-state index contributed by atoms with van der Waals surface area (Å²) < 4.78 is 0. The van der Waals surface area contributed by atoms with Crippen LogP contribution in [0.25, 0.3) is 0 Å². The van der Waals surface area contributed by atoms with E-state index in [4.69, 9.17) is 35.9 Å².